The average molecular weight is 221 g/mol. The fraction of sp³-hybridized carbons (Fsp3) is 0. The van der Waals surface area contributed by atoms with E-state index in [9.17, 15) is 4.79 Å². The summed E-state index contributed by atoms with van der Waals surface area (Å²) in [5, 5.41) is 2.38. The minimum atomic E-state index is 0.693. The highest BCUT2D eigenvalue weighted by Gasteiger charge is 2.02. The van der Waals surface area contributed by atoms with Crippen LogP contribution in [0.5, 0.6) is 0 Å². The third kappa shape index (κ3) is 1.64. The van der Waals surface area contributed by atoms with Crippen LogP contribution < -0.4 is 0 Å². The Hall–Kier alpha value is -2.35. The Labute approximate surface area is 99.1 Å². The van der Waals surface area contributed by atoms with Crippen molar-refractivity contribution in [2.24, 2.45) is 0 Å². The highest BCUT2D eigenvalue weighted by molar-refractivity contribution is 5.90. The molecule has 0 unspecified atom stereocenters. The van der Waals surface area contributed by atoms with Gasteiger partial charge in [-0.2, -0.15) is 0 Å². The topological polar surface area (TPSA) is 22.0 Å². The molecule has 1 aromatic heterocycles. The molecule has 0 fully saturated rings. The van der Waals surface area contributed by atoms with Gasteiger partial charge >= 0.3 is 0 Å². The molecule has 1 heterocycles. The van der Waals surface area contributed by atoms with Crippen molar-refractivity contribution in [1.82, 2.24) is 4.57 Å². The first kappa shape index (κ1) is 9.85. The van der Waals surface area contributed by atoms with Gasteiger partial charge in [0.2, 0.25) is 0 Å². The molecular formula is C15H11NO. The van der Waals surface area contributed by atoms with Crippen molar-refractivity contribution in [2.75, 3.05) is 0 Å². The van der Waals surface area contributed by atoms with Crippen LogP contribution in [0.3, 0.4) is 0 Å². The number of rotatable bonds is 2. The van der Waals surface area contributed by atoms with Crippen LogP contribution in [-0.2, 0) is 0 Å². The molecule has 0 saturated heterocycles. The first-order valence-corrected chi connectivity index (χ1v) is 5.50. The molecule has 0 spiro atoms. The maximum Gasteiger partial charge on any atom is 0.151 e. The molecule has 3 rings (SSSR count). The Balaban J connectivity index is 2.26. The molecule has 3 aromatic rings. The molecule has 2 aromatic carbocycles. The summed E-state index contributed by atoms with van der Waals surface area (Å²) in [5.41, 5.74) is 1.79. The molecule has 0 amide bonds. The molecule has 2 nitrogen and oxygen atoms in total. The second-order valence-electron chi connectivity index (χ2n) is 3.97. The third-order valence-electron chi connectivity index (χ3n) is 2.90. The van der Waals surface area contributed by atoms with E-state index in [0.717, 1.165) is 12.0 Å². The minimum Gasteiger partial charge on any atom is -0.323 e. The Morgan fingerprint density at radius 2 is 1.76 bits per heavy atom. The average Bonchev–Trinajstić information content (AvgIpc) is 2.87. The van der Waals surface area contributed by atoms with Crippen molar-refractivity contribution < 1.29 is 4.79 Å². The highest BCUT2D eigenvalue weighted by atomic mass is 16.1. The number of hydrogen-bond donors (Lipinski definition) is 0. The molecule has 2 heteroatoms. The van der Waals surface area contributed by atoms with E-state index in [1.807, 2.05) is 41.2 Å². The van der Waals surface area contributed by atoms with E-state index in [1.165, 1.54) is 10.8 Å². The third-order valence-corrected chi connectivity index (χ3v) is 2.90. The first-order chi connectivity index (χ1) is 8.38. The summed E-state index contributed by atoms with van der Waals surface area (Å²) >= 11 is 0. The Morgan fingerprint density at radius 3 is 2.59 bits per heavy atom. The molecule has 82 valence electrons. The van der Waals surface area contributed by atoms with Crippen LogP contribution in [0, 0.1) is 0 Å². The molecule has 0 bridgehead atoms. The maximum atomic E-state index is 10.7. The van der Waals surface area contributed by atoms with Gasteiger partial charge in [-0.15, -0.1) is 0 Å². The van der Waals surface area contributed by atoms with Gasteiger partial charge in [0.25, 0.3) is 0 Å². The molecule has 0 aliphatic rings. The smallest absolute Gasteiger partial charge is 0.151 e. The summed E-state index contributed by atoms with van der Waals surface area (Å²) in [4.78, 5) is 10.7. The standard InChI is InChI=1S/C15H11NO/c17-11-12-8-9-16(10-12)15-7-3-5-13-4-1-2-6-14(13)15/h1-11H. The fourth-order valence-corrected chi connectivity index (χ4v) is 2.07. The van der Waals surface area contributed by atoms with Gasteiger partial charge in [-0.05, 0) is 17.5 Å². The van der Waals surface area contributed by atoms with E-state index in [2.05, 4.69) is 24.3 Å². The SMILES string of the molecule is O=Cc1ccn(-c2cccc3ccccc23)c1. The number of aromatic nitrogens is 1. The minimum absolute atomic E-state index is 0.693. The molecule has 0 saturated carbocycles. The van der Waals surface area contributed by atoms with Gasteiger partial charge in [-0.1, -0.05) is 36.4 Å². The van der Waals surface area contributed by atoms with Crippen LogP contribution in [0.25, 0.3) is 16.5 Å². The number of hydrogen-bond acceptors (Lipinski definition) is 1. The van der Waals surface area contributed by atoms with Crippen LogP contribution in [0.15, 0.2) is 60.9 Å². The lowest BCUT2D eigenvalue weighted by Gasteiger charge is -2.07. The van der Waals surface area contributed by atoms with E-state index < -0.39 is 0 Å². The van der Waals surface area contributed by atoms with Crippen molar-refractivity contribution in [1.29, 1.82) is 0 Å². The van der Waals surface area contributed by atoms with Gasteiger partial charge in [0.15, 0.2) is 6.29 Å². The van der Waals surface area contributed by atoms with Crippen LogP contribution in [0.1, 0.15) is 10.4 Å². The lowest BCUT2D eigenvalue weighted by molar-refractivity contribution is 0.112. The molecule has 0 aliphatic carbocycles. The van der Waals surface area contributed by atoms with Gasteiger partial charge in [-0.3, -0.25) is 4.79 Å². The lowest BCUT2D eigenvalue weighted by Crippen LogP contribution is -1.91. The van der Waals surface area contributed by atoms with Gasteiger partial charge in [0.05, 0.1) is 5.69 Å². The van der Waals surface area contributed by atoms with E-state index in [1.54, 1.807) is 0 Å². The summed E-state index contributed by atoms with van der Waals surface area (Å²) in [6, 6.07) is 16.2. The summed E-state index contributed by atoms with van der Waals surface area (Å²) in [7, 11) is 0. The lowest BCUT2D eigenvalue weighted by atomic mass is 10.1. The fourth-order valence-electron chi connectivity index (χ4n) is 2.07. The summed E-state index contributed by atoms with van der Waals surface area (Å²) in [6.07, 6.45) is 4.61. The van der Waals surface area contributed by atoms with Crippen molar-refractivity contribution >= 4 is 17.1 Å². The van der Waals surface area contributed by atoms with Crippen LogP contribution in [0.4, 0.5) is 0 Å². The number of benzene rings is 2. The van der Waals surface area contributed by atoms with Gasteiger partial charge in [0.1, 0.15) is 0 Å². The number of aldehydes is 1. The Bertz CT molecular complexity index is 677. The number of nitrogens with zero attached hydrogens (tertiary/aromatic N) is 1. The zero-order valence-corrected chi connectivity index (χ0v) is 9.21. The van der Waals surface area contributed by atoms with Crippen molar-refractivity contribution in [3.63, 3.8) is 0 Å². The Morgan fingerprint density at radius 1 is 0.941 bits per heavy atom. The maximum absolute atomic E-state index is 10.7. The zero-order valence-electron chi connectivity index (χ0n) is 9.21. The summed E-state index contributed by atoms with van der Waals surface area (Å²) in [6.45, 7) is 0. The second-order valence-corrected chi connectivity index (χ2v) is 3.97. The largest absolute Gasteiger partial charge is 0.323 e. The number of fused-ring (bicyclic) bond motifs is 1. The van der Waals surface area contributed by atoms with Crippen molar-refractivity contribution in [2.45, 2.75) is 0 Å². The first-order valence-electron chi connectivity index (χ1n) is 5.50. The zero-order chi connectivity index (χ0) is 11.7. The molecule has 0 aliphatic heterocycles. The molecular weight excluding hydrogens is 210 g/mol. The van der Waals surface area contributed by atoms with Crippen molar-refractivity contribution in [3.8, 4) is 5.69 Å². The van der Waals surface area contributed by atoms with Gasteiger partial charge in [-0.25, -0.2) is 0 Å². The van der Waals surface area contributed by atoms with Gasteiger partial charge < -0.3 is 4.57 Å². The molecule has 0 N–H and O–H groups in total. The normalized spacial score (nSPS) is 10.6. The summed E-state index contributed by atoms with van der Waals surface area (Å²) in [5.74, 6) is 0. The molecule has 0 radical (unpaired) electrons. The monoisotopic (exact) mass is 221 g/mol. The van der Waals surface area contributed by atoms with Crippen LogP contribution in [0.2, 0.25) is 0 Å². The predicted octanol–water partition coefficient (Wildman–Crippen LogP) is 3.44. The van der Waals surface area contributed by atoms with Crippen LogP contribution >= 0.6 is 0 Å². The van der Waals surface area contributed by atoms with E-state index >= 15 is 0 Å². The van der Waals surface area contributed by atoms with Crippen LogP contribution in [-0.4, -0.2) is 10.9 Å². The van der Waals surface area contributed by atoms with Gasteiger partial charge in [0, 0.05) is 23.3 Å². The Kier molecular flexibility index (Phi) is 2.26. The van der Waals surface area contributed by atoms with E-state index in [4.69, 9.17) is 0 Å². The summed E-state index contributed by atoms with van der Waals surface area (Å²) < 4.78 is 1.98. The van der Waals surface area contributed by atoms with E-state index in [-0.39, 0.29) is 0 Å². The quantitative estimate of drug-likeness (QED) is 0.607. The number of carbonyl (C=O) groups excluding carboxylic acids is 1. The second kappa shape index (κ2) is 3.91. The predicted molar refractivity (Wildman–Crippen MR) is 68.7 cm³/mol. The molecule has 0 atom stereocenters. The highest BCUT2D eigenvalue weighted by Crippen LogP contribution is 2.22. The van der Waals surface area contributed by atoms with Crippen molar-refractivity contribution in [3.05, 3.63) is 66.5 Å². The molecule has 17 heavy (non-hydrogen) atoms. The number of carbonyl (C=O) groups is 1. The van der Waals surface area contributed by atoms with E-state index in [0.29, 0.717) is 5.56 Å².